The van der Waals surface area contributed by atoms with E-state index in [0.717, 1.165) is 0 Å². The van der Waals surface area contributed by atoms with E-state index in [0.29, 0.717) is 22.6 Å². The zero-order valence-corrected chi connectivity index (χ0v) is 13.8. The number of hydrogen-bond acceptors (Lipinski definition) is 6. The number of nitro benzene ring substituents is 1. The van der Waals surface area contributed by atoms with Gasteiger partial charge in [-0.1, -0.05) is 36.4 Å². The third kappa shape index (κ3) is 3.91. The highest BCUT2D eigenvalue weighted by Gasteiger charge is 2.10. The smallest absolute Gasteiger partial charge is 0.270 e. The Kier molecular flexibility index (Phi) is 4.82. The van der Waals surface area contributed by atoms with Gasteiger partial charge in [-0.3, -0.25) is 10.1 Å². The van der Waals surface area contributed by atoms with E-state index in [4.69, 9.17) is 4.42 Å². The highest BCUT2D eigenvalue weighted by Crippen LogP contribution is 2.27. The first kappa shape index (κ1) is 17.6. The van der Waals surface area contributed by atoms with Crippen LogP contribution in [0, 0.1) is 21.4 Å². The SMILES string of the molecule is N#C/C(=C/c1ccc(-c2cccc([N+](=O)[O-])c2)o1)c1ccc(C(=O)[O-])cc1. The number of allylic oxidation sites excluding steroid dienone is 1. The molecule has 7 heteroatoms. The molecule has 0 aliphatic rings. The van der Waals surface area contributed by atoms with Gasteiger partial charge in [0.25, 0.3) is 5.69 Å². The van der Waals surface area contributed by atoms with Crippen LogP contribution in [0.3, 0.4) is 0 Å². The molecule has 132 valence electrons. The van der Waals surface area contributed by atoms with E-state index in [-0.39, 0.29) is 16.8 Å². The standard InChI is InChI=1S/C20H12N2O5/c21-12-16(13-4-6-14(7-5-13)20(23)24)11-18-8-9-19(27-18)15-2-1-3-17(10-15)22(25)26/h1-11H,(H,23,24)/p-1/b16-11-. The van der Waals surface area contributed by atoms with E-state index in [1.165, 1.54) is 42.5 Å². The maximum Gasteiger partial charge on any atom is 0.270 e. The Morgan fingerprint density at radius 1 is 1.07 bits per heavy atom. The monoisotopic (exact) mass is 359 g/mol. The van der Waals surface area contributed by atoms with Crippen LogP contribution in [0.15, 0.2) is 65.1 Å². The van der Waals surface area contributed by atoms with Crippen LogP contribution in [-0.2, 0) is 0 Å². The van der Waals surface area contributed by atoms with Crippen LogP contribution >= 0.6 is 0 Å². The van der Waals surface area contributed by atoms with Gasteiger partial charge in [0.05, 0.1) is 22.5 Å². The van der Waals surface area contributed by atoms with Crippen LogP contribution in [0.5, 0.6) is 0 Å². The summed E-state index contributed by atoms with van der Waals surface area (Å²) in [7, 11) is 0. The van der Waals surface area contributed by atoms with Crippen molar-refractivity contribution >= 4 is 23.3 Å². The maximum atomic E-state index is 10.9. The molecule has 27 heavy (non-hydrogen) atoms. The van der Waals surface area contributed by atoms with E-state index in [1.54, 1.807) is 24.3 Å². The molecule has 1 heterocycles. The van der Waals surface area contributed by atoms with Crippen molar-refractivity contribution < 1.29 is 19.2 Å². The Morgan fingerprint density at radius 2 is 1.78 bits per heavy atom. The molecule has 2 aromatic carbocycles. The number of non-ortho nitro benzene ring substituents is 1. The molecule has 0 fully saturated rings. The predicted octanol–water partition coefficient (Wildman–Crippen LogP) is 3.28. The molecular weight excluding hydrogens is 348 g/mol. The summed E-state index contributed by atoms with van der Waals surface area (Å²) < 4.78 is 5.67. The van der Waals surface area contributed by atoms with Gasteiger partial charge in [-0.05, 0) is 29.3 Å². The molecule has 0 radical (unpaired) electrons. The van der Waals surface area contributed by atoms with Crippen molar-refractivity contribution in [1.29, 1.82) is 5.26 Å². The van der Waals surface area contributed by atoms with Gasteiger partial charge < -0.3 is 14.3 Å². The molecule has 7 nitrogen and oxygen atoms in total. The lowest BCUT2D eigenvalue weighted by Gasteiger charge is -2.03. The Bertz CT molecular complexity index is 1090. The number of carboxylic acids is 1. The molecule has 3 aromatic rings. The normalized spacial score (nSPS) is 11.0. The van der Waals surface area contributed by atoms with Crippen LogP contribution < -0.4 is 5.11 Å². The molecule has 0 saturated heterocycles. The summed E-state index contributed by atoms with van der Waals surface area (Å²) in [6.07, 6.45) is 1.51. The van der Waals surface area contributed by atoms with Crippen molar-refractivity contribution in [3.63, 3.8) is 0 Å². The van der Waals surface area contributed by atoms with Crippen molar-refractivity contribution in [1.82, 2.24) is 0 Å². The summed E-state index contributed by atoms with van der Waals surface area (Å²) in [5, 5.41) is 31.1. The molecule has 0 unspecified atom stereocenters. The summed E-state index contributed by atoms with van der Waals surface area (Å²) in [5.41, 5.74) is 1.31. The van der Waals surface area contributed by atoms with Gasteiger partial charge in [-0.15, -0.1) is 0 Å². The summed E-state index contributed by atoms with van der Waals surface area (Å²) in [5.74, 6) is -0.483. The fourth-order valence-corrected chi connectivity index (χ4v) is 2.47. The molecular formula is C20H11N2O5-. The molecule has 0 aliphatic carbocycles. The number of nitriles is 1. The number of hydrogen-bond donors (Lipinski definition) is 0. The third-order valence-corrected chi connectivity index (χ3v) is 3.81. The van der Waals surface area contributed by atoms with Crippen molar-refractivity contribution in [2.24, 2.45) is 0 Å². The lowest BCUT2D eigenvalue weighted by atomic mass is 10.0. The Balaban J connectivity index is 1.91. The second kappa shape index (κ2) is 7.37. The number of aromatic carboxylic acids is 1. The fourth-order valence-electron chi connectivity index (χ4n) is 2.47. The van der Waals surface area contributed by atoms with E-state index < -0.39 is 10.9 Å². The molecule has 0 N–H and O–H groups in total. The first-order chi connectivity index (χ1) is 13.0. The molecule has 0 bridgehead atoms. The number of nitrogens with zero attached hydrogens (tertiary/aromatic N) is 2. The number of benzene rings is 2. The zero-order chi connectivity index (χ0) is 19.4. The zero-order valence-electron chi connectivity index (χ0n) is 13.8. The van der Waals surface area contributed by atoms with Gasteiger partial charge in [0.2, 0.25) is 0 Å². The van der Waals surface area contributed by atoms with Crippen molar-refractivity contribution in [2.75, 3.05) is 0 Å². The van der Waals surface area contributed by atoms with Crippen LogP contribution in [0.1, 0.15) is 21.7 Å². The minimum atomic E-state index is -1.29. The van der Waals surface area contributed by atoms with Crippen LogP contribution in [0.4, 0.5) is 5.69 Å². The minimum Gasteiger partial charge on any atom is -0.545 e. The Morgan fingerprint density at radius 3 is 2.41 bits per heavy atom. The number of nitro groups is 1. The summed E-state index contributed by atoms with van der Waals surface area (Å²) in [6, 6.07) is 17.1. The Labute approximate surface area is 153 Å². The highest BCUT2D eigenvalue weighted by atomic mass is 16.6. The molecule has 0 aliphatic heterocycles. The van der Waals surface area contributed by atoms with Crippen LogP contribution in [0.2, 0.25) is 0 Å². The topological polar surface area (TPSA) is 120 Å². The molecule has 0 spiro atoms. The number of furan rings is 1. The van der Waals surface area contributed by atoms with Crippen LogP contribution in [-0.4, -0.2) is 10.9 Å². The van der Waals surface area contributed by atoms with Gasteiger partial charge >= 0.3 is 0 Å². The van der Waals surface area contributed by atoms with Gasteiger partial charge in [-0.2, -0.15) is 5.26 Å². The quantitative estimate of drug-likeness (QED) is 0.391. The number of rotatable bonds is 5. The summed E-state index contributed by atoms with van der Waals surface area (Å²) in [6.45, 7) is 0. The second-order valence-corrected chi connectivity index (χ2v) is 5.54. The van der Waals surface area contributed by atoms with E-state index in [9.17, 15) is 25.3 Å². The average Bonchev–Trinajstić information content (AvgIpc) is 3.15. The van der Waals surface area contributed by atoms with Crippen molar-refractivity contribution in [2.45, 2.75) is 0 Å². The predicted molar refractivity (Wildman–Crippen MR) is 95.1 cm³/mol. The van der Waals surface area contributed by atoms with E-state index in [2.05, 4.69) is 0 Å². The van der Waals surface area contributed by atoms with Crippen molar-refractivity contribution in [3.05, 3.63) is 87.7 Å². The fraction of sp³-hybridized carbons (Fsp3) is 0. The molecule has 0 saturated carbocycles. The van der Waals surface area contributed by atoms with E-state index >= 15 is 0 Å². The second-order valence-electron chi connectivity index (χ2n) is 5.54. The lowest BCUT2D eigenvalue weighted by Crippen LogP contribution is -2.21. The number of carbonyl (C=O) groups excluding carboxylic acids is 1. The highest BCUT2D eigenvalue weighted by molar-refractivity contribution is 5.91. The van der Waals surface area contributed by atoms with Gasteiger partial charge in [0, 0.05) is 17.7 Å². The lowest BCUT2D eigenvalue weighted by molar-refractivity contribution is -0.384. The summed E-state index contributed by atoms with van der Waals surface area (Å²) >= 11 is 0. The number of carboxylic acid groups (broad SMARTS) is 1. The largest absolute Gasteiger partial charge is 0.545 e. The summed E-state index contributed by atoms with van der Waals surface area (Å²) in [4.78, 5) is 21.2. The van der Waals surface area contributed by atoms with Gasteiger partial charge in [-0.25, -0.2) is 0 Å². The number of carbonyl (C=O) groups is 1. The first-order valence-electron chi connectivity index (χ1n) is 7.76. The molecule has 0 amide bonds. The van der Waals surface area contributed by atoms with Gasteiger partial charge in [0.1, 0.15) is 11.5 Å². The van der Waals surface area contributed by atoms with Crippen LogP contribution in [0.25, 0.3) is 23.0 Å². The Hall–Kier alpha value is -4.18. The van der Waals surface area contributed by atoms with E-state index in [1.807, 2.05) is 6.07 Å². The minimum absolute atomic E-state index is 0.0157. The van der Waals surface area contributed by atoms with Gasteiger partial charge in [0.15, 0.2) is 0 Å². The molecule has 0 atom stereocenters. The molecule has 1 aromatic heterocycles. The maximum absolute atomic E-state index is 10.9. The first-order valence-corrected chi connectivity index (χ1v) is 7.76. The average molecular weight is 359 g/mol. The molecule has 3 rings (SSSR count). The third-order valence-electron chi connectivity index (χ3n) is 3.81. The van der Waals surface area contributed by atoms with Crippen molar-refractivity contribution in [3.8, 4) is 17.4 Å².